The van der Waals surface area contributed by atoms with Gasteiger partial charge in [0.2, 0.25) is 0 Å². The molecule has 0 bridgehead atoms. The van der Waals surface area contributed by atoms with E-state index < -0.39 is 42.9 Å². The minimum atomic E-state index is -3.61. The Labute approximate surface area is 252 Å². The summed E-state index contributed by atoms with van der Waals surface area (Å²) in [5.41, 5.74) is -3.90. The number of allylic oxidation sites excluding steroid dienone is 3. The number of aliphatic hydroxyl groups is 1. The summed E-state index contributed by atoms with van der Waals surface area (Å²) in [6, 6.07) is 2.14. The number of nitrogens with one attached hydrogen (secondary N) is 1. The zero-order chi connectivity index (χ0) is 31.5. The Balaban J connectivity index is 1.64. The summed E-state index contributed by atoms with van der Waals surface area (Å²) >= 11 is 0. The minimum Gasteiger partial charge on any atom is -0.381 e. The third kappa shape index (κ3) is 3.77. The molecule has 5 aliphatic carbocycles. The quantitative estimate of drug-likeness (QED) is 0.482. The largest absolute Gasteiger partial charge is 0.381 e. The molecule has 9 heteroatoms. The highest BCUT2D eigenvalue weighted by Crippen LogP contribution is 2.75. The first-order valence-electron chi connectivity index (χ1n) is 15.4. The highest BCUT2D eigenvalue weighted by Gasteiger charge is 2.75. The Morgan fingerprint density at radius 3 is 2.24 bits per heavy atom. The van der Waals surface area contributed by atoms with Crippen molar-refractivity contribution in [2.45, 2.75) is 99.0 Å². The van der Waals surface area contributed by atoms with Crippen molar-refractivity contribution in [3.8, 4) is 6.07 Å². The van der Waals surface area contributed by atoms with Gasteiger partial charge in [-0.05, 0) is 78.8 Å². The molecule has 8 nitrogen and oxygen atoms in total. The lowest BCUT2D eigenvalue weighted by atomic mass is 9.33. The van der Waals surface area contributed by atoms with Crippen LogP contribution in [0.3, 0.4) is 0 Å². The van der Waals surface area contributed by atoms with Gasteiger partial charge in [-0.3, -0.25) is 9.59 Å². The maximum Gasteiger partial charge on any atom is 0.278 e. The number of Topliss-reactive ketones (excluding diaryl/α,β-unsaturated/α-hetero) is 1. The van der Waals surface area contributed by atoms with E-state index in [1.54, 1.807) is 13.1 Å². The fourth-order valence-corrected chi connectivity index (χ4v) is 11.5. The monoisotopic (exact) mass is 599 g/mol. The minimum absolute atomic E-state index is 0.0620. The molecule has 0 aromatic carbocycles. The van der Waals surface area contributed by atoms with E-state index in [9.17, 15) is 28.4 Å². The second-order valence-electron chi connectivity index (χ2n) is 16.1. The molecule has 8 atom stereocenters. The van der Waals surface area contributed by atoms with Gasteiger partial charge in [0.05, 0.1) is 5.57 Å². The van der Waals surface area contributed by atoms with Crippen molar-refractivity contribution in [1.29, 1.82) is 5.26 Å². The molecule has 232 valence electrons. The van der Waals surface area contributed by atoms with Crippen molar-refractivity contribution < 1.29 is 23.1 Å². The van der Waals surface area contributed by atoms with Crippen LogP contribution in [0.25, 0.3) is 0 Å². The molecule has 0 heterocycles. The average Bonchev–Trinajstić information content (AvgIpc) is 2.91. The summed E-state index contributed by atoms with van der Waals surface area (Å²) in [6.45, 7) is 14.8. The third-order valence-electron chi connectivity index (χ3n) is 13.6. The summed E-state index contributed by atoms with van der Waals surface area (Å²) in [4.78, 5) is 27.9. The number of rotatable bonds is 4. The van der Waals surface area contributed by atoms with Crippen molar-refractivity contribution in [1.82, 2.24) is 9.03 Å². The van der Waals surface area contributed by atoms with E-state index >= 15 is 0 Å². The van der Waals surface area contributed by atoms with Crippen LogP contribution < -0.4 is 4.72 Å². The maximum atomic E-state index is 14.6. The second kappa shape index (κ2) is 9.09. The van der Waals surface area contributed by atoms with Crippen LogP contribution in [0.1, 0.15) is 93.4 Å². The lowest BCUT2D eigenvalue weighted by Crippen LogP contribution is -2.74. The predicted octanol–water partition coefficient (Wildman–Crippen LogP) is 4.72. The van der Waals surface area contributed by atoms with Crippen LogP contribution >= 0.6 is 0 Å². The van der Waals surface area contributed by atoms with Crippen LogP contribution in [0.2, 0.25) is 0 Å². The lowest BCUT2D eigenvalue weighted by Gasteiger charge is -2.71. The van der Waals surface area contributed by atoms with Gasteiger partial charge >= 0.3 is 0 Å². The molecule has 42 heavy (non-hydrogen) atoms. The molecule has 2 N–H and O–H groups in total. The molecule has 0 aromatic rings. The zero-order valence-electron chi connectivity index (χ0n) is 26.8. The number of hydrogen-bond acceptors (Lipinski definition) is 6. The topological polar surface area (TPSA) is 128 Å². The van der Waals surface area contributed by atoms with Crippen molar-refractivity contribution in [2.24, 2.45) is 44.3 Å². The zero-order valence-corrected chi connectivity index (χ0v) is 27.7. The first-order valence-corrected chi connectivity index (χ1v) is 16.9. The fraction of sp³-hybridized carbons (Fsp3) is 0.788. The van der Waals surface area contributed by atoms with Crippen LogP contribution in [-0.4, -0.2) is 55.6 Å². The molecule has 5 aliphatic rings. The highest BCUT2D eigenvalue weighted by atomic mass is 32.2. The number of carbonyl (C=O) groups is 2. The summed E-state index contributed by atoms with van der Waals surface area (Å²) in [7, 11) is -0.637. The molecule has 0 saturated heterocycles. The summed E-state index contributed by atoms with van der Waals surface area (Å²) in [6.07, 6.45) is 8.74. The molecular formula is C33H49N3O5S. The second-order valence-corrected chi connectivity index (χ2v) is 18.1. The number of fused-ring (bicyclic) bond motifs is 7. The standard InChI is InChI=1S/C33H49N3O5S/c1-27(2)22-10-11-31(6)23(30(22,5)17-21(19-34)26(27)38)16-25(37)33(39)24-18-28(3,20-36(9)42(40,41)35-8)12-13-29(24,4)14-15-32(31,33)7/h16-17,22,24,35,39H,10-15,18,20H2,1-9H3/t22-,24+,28-,29+,30-,31+,32-,33+/m0/s1. The number of hydrogen-bond donors (Lipinski definition) is 2. The van der Waals surface area contributed by atoms with Crippen LogP contribution in [-0.2, 0) is 19.8 Å². The van der Waals surface area contributed by atoms with Gasteiger partial charge in [0.15, 0.2) is 11.6 Å². The molecule has 0 spiro atoms. The molecule has 0 aromatic heterocycles. The van der Waals surface area contributed by atoms with E-state index in [1.807, 2.05) is 19.9 Å². The van der Waals surface area contributed by atoms with Gasteiger partial charge in [-0.2, -0.15) is 18.0 Å². The third-order valence-corrected chi connectivity index (χ3v) is 15.1. The molecule has 0 radical (unpaired) electrons. The smallest absolute Gasteiger partial charge is 0.278 e. The van der Waals surface area contributed by atoms with Crippen molar-refractivity contribution in [3.63, 3.8) is 0 Å². The van der Waals surface area contributed by atoms with Crippen LogP contribution in [0.15, 0.2) is 23.3 Å². The van der Waals surface area contributed by atoms with Gasteiger partial charge in [-0.25, -0.2) is 4.72 Å². The van der Waals surface area contributed by atoms with Crippen LogP contribution in [0, 0.1) is 55.7 Å². The van der Waals surface area contributed by atoms with Crippen molar-refractivity contribution >= 4 is 21.8 Å². The maximum absolute atomic E-state index is 14.6. The van der Waals surface area contributed by atoms with Gasteiger partial charge < -0.3 is 5.11 Å². The van der Waals surface area contributed by atoms with Gasteiger partial charge in [0.1, 0.15) is 11.7 Å². The van der Waals surface area contributed by atoms with Gasteiger partial charge in [-0.1, -0.05) is 54.5 Å². The number of nitrogens with zero attached hydrogens (tertiary/aromatic N) is 2. The van der Waals surface area contributed by atoms with E-state index in [-0.39, 0.29) is 34.4 Å². The summed E-state index contributed by atoms with van der Waals surface area (Å²) in [5.74, 6) is -0.817. The molecule has 0 aliphatic heterocycles. The Morgan fingerprint density at radius 1 is 1.02 bits per heavy atom. The van der Waals surface area contributed by atoms with Gasteiger partial charge in [-0.15, -0.1) is 0 Å². The number of nitriles is 1. The van der Waals surface area contributed by atoms with Crippen molar-refractivity contribution in [3.05, 3.63) is 23.3 Å². The van der Waals surface area contributed by atoms with Gasteiger partial charge in [0.25, 0.3) is 10.2 Å². The van der Waals surface area contributed by atoms with Crippen LogP contribution in [0.4, 0.5) is 0 Å². The Bertz CT molecular complexity index is 1460. The van der Waals surface area contributed by atoms with E-state index in [0.29, 0.717) is 19.4 Å². The van der Waals surface area contributed by atoms with Crippen molar-refractivity contribution in [2.75, 3.05) is 20.6 Å². The highest BCUT2D eigenvalue weighted by molar-refractivity contribution is 7.87. The van der Waals surface area contributed by atoms with E-state index in [1.165, 1.54) is 11.4 Å². The predicted molar refractivity (Wildman–Crippen MR) is 161 cm³/mol. The van der Waals surface area contributed by atoms with E-state index in [0.717, 1.165) is 37.7 Å². The molecule has 0 unspecified atom stereocenters. The Hall–Kier alpha value is -1.86. The molecule has 3 saturated carbocycles. The first kappa shape index (κ1) is 31.6. The van der Waals surface area contributed by atoms with Crippen LogP contribution in [0.5, 0.6) is 0 Å². The molecule has 5 rings (SSSR count). The van der Waals surface area contributed by atoms with Gasteiger partial charge in [0, 0.05) is 42.8 Å². The molecular weight excluding hydrogens is 550 g/mol. The average molecular weight is 600 g/mol. The SMILES string of the molecule is CNS(=O)(=O)N(C)C[C@@]1(C)CC[C@]2(C)CC[C@@]3(C)[C@]4(C)CC[C@H]5C(C)(C)C(=O)C(C#N)=C[C@]5(C)C4=CC(=O)[C@]3(O)[C@@H]2C1. The van der Waals surface area contributed by atoms with E-state index in [2.05, 4.69) is 45.4 Å². The summed E-state index contributed by atoms with van der Waals surface area (Å²) in [5, 5.41) is 22.9. The summed E-state index contributed by atoms with van der Waals surface area (Å²) < 4.78 is 28.9. The fourth-order valence-electron chi connectivity index (χ4n) is 10.7. The Kier molecular flexibility index (Phi) is 6.83. The molecule has 3 fully saturated rings. The number of carbonyl (C=O) groups excluding carboxylic acids is 2. The molecule has 0 amide bonds. The van der Waals surface area contributed by atoms with E-state index in [4.69, 9.17) is 0 Å². The first-order chi connectivity index (χ1) is 19.1. The normalized spacial score (nSPS) is 46.4. The lowest BCUT2D eigenvalue weighted by molar-refractivity contribution is -0.243. The Morgan fingerprint density at radius 2 is 1.64 bits per heavy atom. The number of ketones is 2.